The summed E-state index contributed by atoms with van der Waals surface area (Å²) in [5.41, 5.74) is 0.191. The number of carbonyl (C=O) groups is 1. The summed E-state index contributed by atoms with van der Waals surface area (Å²) in [4.78, 5) is 18.9. The molecule has 0 bridgehead atoms. The average molecular weight is 309 g/mol. The molecule has 0 unspecified atom stereocenters. The zero-order valence-corrected chi connectivity index (χ0v) is 13.3. The predicted octanol–water partition coefficient (Wildman–Crippen LogP) is 2.81. The average Bonchev–Trinajstić information content (AvgIpc) is 3.06. The molecule has 21 heavy (non-hydrogen) atoms. The molecule has 0 spiro atoms. The highest BCUT2D eigenvalue weighted by molar-refractivity contribution is 7.09. The lowest BCUT2D eigenvalue weighted by atomic mass is 10.0. The van der Waals surface area contributed by atoms with Crippen molar-refractivity contribution in [1.82, 2.24) is 15.2 Å². The molecule has 1 N–H and O–H groups in total. The molecular formula is C15H23N3O2S. The van der Waals surface area contributed by atoms with Crippen LogP contribution in [0.5, 0.6) is 0 Å². The Balaban J connectivity index is 1.59. The van der Waals surface area contributed by atoms with E-state index in [9.17, 15) is 4.79 Å². The highest BCUT2D eigenvalue weighted by Gasteiger charge is 2.43. The fourth-order valence-corrected chi connectivity index (χ4v) is 3.84. The lowest BCUT2D eigenvalue weighted by molar-refractivity contribution is 0.129. The Labute approximate surface area is 129 Å². The molecule has 3 rings (SSSR count). The molecule has 1 saturated carbocycles. The third kappa shape index (κ3) is 3.37. The summed E-state index contributed by atoms with van der Waals surface area (Å²) in [6.07, 6.45) is 7.39. The number of nitrogens with one attached hydrogen (secondary N) is 1. The van der Waals surface area contributed by atoms with E-state index in [-0.39, 0.29) is 17.5 Å². The first kappa shape index (κ1) is 14.8. The molecule has 5 nitrogen and oxygen atoms in total. The number of thiazole rings is 1. The molecule has 116 valence electrons. The second kappa shape index (κ2) is 6.32. The zero-order valence-electron chi connectivity index (χ0n) is 12.5. The Kier molecular flexibility index (Phi) is 4.45. The topological polar surface area (TPSA) is 54.5 Å². The summed E-state index contributed by atoms with van der Waals surface area (Å²) in [6, 6.07) is 0.202. The maximum Gasteiger partial charge on any atom is 0.318 e. The van der Waals surface area contributed by atoms with Crippen molar-refractivity contribution in [1.29, 1.82) is 0 Å². The lowest BCUT2D eigenvalue weighted by Crippen LogP contribution is -2.46. The Morgan fingerprint density at radius 3 is 3.10 bits per heavy atom. The monoisotopic (exact) mass is 309 g/mol. The Bertz CT molecular complexity index is 473. The molecule has 1 aromatic heterocycles. The van der Waals surface area contributed by atoms with Crippen LogP contribution in [-0.4, -0.2) is 42.7 Å². The second-order valence-electron chi connectivity index (χ2n) is 6.17. The van der Waals surface area contributed by atoms with Gasteiger partial charge in [0.05, 0.1) is 12.6 Å². The van der Waals surface area contributed by atoms with E-state index in [1.54, 1.807) is 18.4 Å². The number of amides is 2. The van der Waals surface area contributed by atoms with Crippen molar-refractivity contribution in [3.63, 3.8) is 0 Å². The summed E-state index contributed by atoms with van der Waals surface area (Å²) in [5, 5.41) is 6.16. The molecule has 1 atom stereocenters. The number of methoxy groups -OCH3 is 1. The van der Waals surface area contributed by atoms with Gasteiger partial charge in [-0.05, 0) is 32.1 Å². The number of nitrogens with zero attached hydrogens (tertiary/aromatic N) is 2. The summed E-state index contributed by atoms with van der Waals surface area (Å²) in [5.74, 6) is 0. The van der Waals surface area contributed by atoms with Crippen LogP contribution in [0.3, 0.4) is 0 Å². The van der Waals surface area contributed by atoms with Crippen LogP contribution >= 0.6 is 11.3 Å². The maximum absolute atomic E-state index is 12.5. The van der Waals surface area contributed by atoms with Crippen LogP contribution < -0.4 is 5.32 Å². The largest absolute Gasteiger partial charge is 0.384 e. The Morgan fingerprint density at radius 1 is 1.57 bits per heavy atom. The van der Waals surface area contributed by atoms with Gasteiger partial charge >= 0.3 is 6.03 Å². The number of urea groups is 1. The molecule has 6 heteroatoms. The minimum Gasteiger partial charge on any atom is -0.384 e. The van der Waals surface area contributed by atoms with Crippen molar-refractivity contribution in [3.8, 4) is 0 Å². The maximum atomic E-state index is 12.5. The normalized spacial score (nSPS) is 23.9. The first-order valence-corrected chi connectivity index (χ1v) is 8.55. The summed E-state index contributed by atoms with van der Waals surface area (Å²) in [6.45, 7) is 2.29. The summed E-state index contributed by atoms with van der Waals surface area (Å²) in [7, 11) is 1.73. The molecule has 0 radical (unpaired) electrons. The molecule has 1 aliphatic carbocycles. The van der Waals surface area contributed by atoms with E-state index < -0.39 is 0 Å². The number of hydrogen-bond donors (Lipinski definition) is 1. The molecular weight excluding hydrogens is 286 g/mol. The zero-order chi connectivity index (χ0) is 14.7. The van der Waals surface area contributed by atoms with E-state index in [2.05, 4.69) is 10.3 Å². The van der Waals surface area contributed by atoms with E-state index >= 15 is 0 Å². The van der Waals surface area contributed by atoms with E-state index in [1.807, 2.05) is 16.5 Å². The van der Waals surface area contributed by atoms with Gasteiger partial charge in [0.2, 0.25) is 0 Å². The van der Waals surface area contributed by atoms with Gasteiger partial charge in [0.15, 0.2) is 0 Å². The van der Waals surface area contributed by atoms with Gasteiger partial charge in [-0.25, -0.2) is 9.78 Å². The van der Waals surface area contributed by atoms with Crippen molar-refractivity contribution in [2.45, 2.75) is 38.1 Å². The van der Waals surface area contributed by atoms with E-state index in [4.69, 9.17) is 4.74 Å². The van der Waals surface area contributed by atoms with E-state index in [0.29, 0.717) is 0 Å². The van der Waals surface area contributed by atoms with Crippen molar-refractivity contribution in [3.05, 3.63) is 16.6 Å². The van der Waals surface area contributed by atoms with Crippen molar-refractivity contribution >= 4 is 17.4 Å². The molecule has 2 heterocycles. The van der Waals surface area contributed by atoms with E-state index in [0.717, 1.165) is 50.4 Å². The number of rotatable bonds is 5. The molecule has 2 fully saturated rings. The Morgan fingerprint density at radius 2 is 2.43 bits per heavy atom. The molecule has 0 aromatic carbocycles. The quantitative estimate of drug-likeness (QED) is 0.910. The number of aromatic nitrogens is 1. The first-order valence-electron chi connectivity index (χ1n) is 7.67. The van der Waals surface area contributed by atoms with Crippen LogP contribution in [0, 0.1) is 5.41 Å². The molecule has 1 aliphatic heterocycles. The lowest BCUT2D eigenvalue weighted by Gasteiger charge is -2.35. The first-order chi connectivity index (χ1) is 10.2. The van der Waals surface area contributed by atoms with Gasteiger partial charge in [-0.3, -0.25) is 0 Å². The fraction of sp³-hybridized carbons (Fsp3) is 0.733. The fourth-order valence-electron chi connectivity index (χ4n) is 3.05. The van der Waals surface area contributed by atoms with Crippen LogP contribution in [-0.2, 0) is 4.74 Å². The van der Waals surface area contributed by atoms with Gasteiger partial charge in [0.1, 0.15) is 5.01 Å². The van der Waals surface area contributed by atoms with Gasteiger partial charge in [-0.15, -0.1) is 11.3 Å². The summed E-state index contributed by atoms with van der Waals surface area (Å²) < 4.78 is 5.25. The van der Waals surface area contributed by atoms with Crippen molar-refractivity contribution in [2.24, 2.45) is 5.41 Å². The van der Waals surface area contributed by atoms with Gasteiger partial charge < -0.3 is 15.0 Å². The minimum atomic E-state index is 0.0530. The van der Waals surface area contributed by atoms with Crippen LogP contribution in [0.4, 0.5) is 4.79 Å². The third-order valence-electron chi connectivity index (χ3n) is 4.52. The van der Waals surface area contributed by atoms with Gasteiger partial charge in [0.25, 0.3) is 0 Å². The van der Waals surface area contributed by atoms with E-state index in [1.165, 1.54) is 6.42 Å². The highest BCUT2D eigenvalue weighted by atomic mass is 32.1. The standard InChI is InChI=1S/C15H23N3O2S/c1-20-11-15(5-6-15)10-17-14(19)18-8-3-2-4-12(18)13-16-7-9-21-13/h7,9,12H,2-6,8,10-11H2,1H3,(H,17,19)/t12-/m0/s1. The smallest absolute Gasteiger partial charge is 0.318 e. The molecule has 1 aromatic rings. The predicted molar refractivity (Wildman–Crippen MR) is 82.4 cm³/mol. The summed E-state index contributed by atoms with van der Waals surface area (Å²) >= 11 is 1.64. The molecule has 1 saturated heterocycles. The number of carbonyl (C=O) groups excluding carboxylic acids is 1. The highest BCUT2D eigenvalue weighted by Crippen LogP contribution is 2.45. The van der Waals surface area contributed by atoms with Gasteiger partial charge in [-0.2, -0.15) is 0 Å². The molecule has 2 amide bonds. The number of likely N-dealkylation sites (tertiary alicyclic amines) is 1. The van der Waals surface area contributed by atoms with Crippen LogP contribution in [0.2, 0.25) is 0 Å². The minimum absolute atomic E-state index is 0.0530. The third-order valence-corrected chi connectivity index (χ3v) is 5.40. The number of hydrogen-bond acceptors (Lipinski definition) is 4. The second-order valence-corrected chi connectivity index (χ2v) is 7.09. The Hall–Kier alpha value is -1.14. The van der Waals surface area contributed by atoms with Gasteiger partial charge in [0, 0.05) is 37.2 Å². The van der Waals surface area contributed by atoms with Crippen LogP contribution in [0.15, 0.2) is 11.6 Å². The van der Waals surface area contributed by atoms with Gasteiger partial charge in [-0.1, -0.05) is 0 Å². The number of piperidine rings is 1. The SMILES string of the molecule is COCC1(CNC(=O)N2CCCC[C@H]2c2nccs2)CC1. The van der Waals surface area contributed by atoms with Crippen LogP contribution in [0.25, 0.3) is 0 Å². The van der Waals surface area contributed by atoms with Crippen molar-refractivity contribution < 1.29 is 9.53 Å². The number of ether oxygens (including phenoxy) is 1. The van der Waals surface area contributed by atoms with Crippen LogP contribution in [0.1, 0.15) is 43.2 Å². The van der Waals surface area contributed by atoms with Crippen molar-refractivity contribution in [2.75, 3.05) is 26.8 Å². The molecule has 2 aliphatic rings.